The second-order valence-corrected chi connectivity index (χ2v) is 6.18. The van der Waals surface area contributed by atoms with E-state index in [1.807, 2.05) is 6.92 Å². The molecule has 23 heavy (non-hydrogen) atoms. The Balaban J connectivity index is 0.000000168. The van der Waals surface area contributed by atoms with E-state index in [0.717, 1.165) is 5.56 Å². The quantitative estimate of drug-likeness (QED) is 0.468. The first-order valence-electron chi connectivity index (χ1n) is 6.42. The van der Waals surface area contributed by atoms with E-state index in [1.54, 1.807) is 24.3 Å². The molecular formula is C15H13NO6S. The third-order valence-electron chi connectivity index (χ3n) is 3.09. The summed E-state index contributed by atoms with van der Waals surface area (Å²) in [6.07, 6.45) is 0. The van der Waals surface area contributed by atoms with Gasteiger partial charge in [-0.25, -0.2) is 0 Å². The van der Waals surface area contributed by atoms with Gasteiger partial charge in [-0.05, 0) is 31.2 Å². The largest absolute Gasteiger partial charge is 0.294 e. The van der Waals surface area contributed by atoms with Crippen molar-refractivity contribution in [3.05, 3.63) is 65.2 Å². The molecule has 3 rings (SSSR count). The van der Waals surface area contributed by atoms with Crippen LogP contribution in [0.15, 0.2) is 53.4 Å². The van der Waals surface area contributed by atoms with Crippen molar-refractivity contribution in [1.82, 2.24) is 5.06 Å². The van der Waals surface area contributed by atoms with Crippen molar-refractivity contribution in [2.75, 3.05) is 0 Å². The topological polar surface area (TPSA) is 112 Å². The molecule has 7 nitrogen and oxygen atoms in total. The summed E-state index contributed by atoms with van der Waals surface area (Å²) in [4.78, 5) is 22.1. The fraction of sp³-hybridized carbons (Fsp3) is 0.0667. The molecule has 0 fully saturated rings. The van der Waals surface area contributed by atoms with Gasteiger partial charge in [0.15, 0.2) is 0 Å². The van der Waals surface area contributed by atoms with Crippen LogP contribution in [0.2, 0.25) is 0 Å². The zero-order chi connectivity index (χ0) is 17.2. The Morgan fingerprint density at radius 3 is 1.70 bits per heavy atom. The minimum Gasteiger partial charge on any atom is -0.282 e. The molecule has 0 saturated carbocycles. The molecule has 2 aromatic rings. The second kappa shape index (κ2) is 6.29. The zero-order valence-corrected chi connectivity index (χ0v) is 12.8. The van der Waals surface area contributed by atoms with Crippen LogP contribution in [-0.4, -0.2) is 35.1 Å². The van der Waals surface area contributed by atoms with Crippen LogP contribution in [-0.2, 0) is 10.1 Å². The van der Waals surface area contributed by atoms with Gasteiger partial charge < -0.3 is 0 Å². The molecule has 1 heterocycles. The normalized spacial score (nSPS) is 13.4. The van der Waals surface area contributed by atoms with Crippen LogP contribution in [0.5, 0.6) is 0 Å². The number of amides is 2. The summed E-state index contributed by atoms with van der Waals surface area (Å²) in [5.74, 6) is -1.31. The van der Waals surface area contributed by atoms with Crippen LogP contribution < -0.4 is 0 Å². The molecule has 0 saturated heterocycles. The number of carbonyl (C=O) groups excluding carboxylic acids is 2. The van der Waals surface area contributed by atoms with Crippen LogP contribution in [0, 0.1) is 6.92 Å². The first-order chi connectivity index (χ1) is 10.7. The Morgan fingerprint density at radius 1 is 0.870 bits per heavy atom. The number of hydroxylamine groups is 2. The molecule has 0 radical (unpaired) electrons. The van der Waals surface area contributed by atoms with E-state index in [9.17, 15) is 18.0 Å². The fourth-order valence-electron chi connectivity index (χ4n) is 1.89. The van der Waals surface area contributed by atoms with Gasteiger partial charge in [0.25, 0.3) is 21.9 Å². The summed E-state index contributed by atoms with van der Waals surface area (Å²) in [6, 6.07) is 12.3. The monoisotopic (exact) mass is 335 g/mol. The number of nitrogens with zero attached hydrogens (tertiary/aromatic N) is 1. The van der Waals surface area contributed by atoms with Gasteiger partial charge in [0.05, 0.1) is 16.0 Å². The lowest BCUT2D eigenvalue weighted by Gasteiger charge is -1.99. The van der Waals surface area contributed by atoms with Crippen molar-refractivity contribution >= 4 is 21.9 Å². The molecular weight excluding hydrogens is 322 g/mol. The highest BCUT2D eigenvalue weighted by atomic mass is 32.2. The summed E-state index contributed by atoms with van der Waals surface area (Å²) < 4.78 is 29.6. The number of benzene rings is 2. The van der Waals surface area contributed by atoms with Gasteiger partial charge in [-0.15, -0.1) is 5.06 Å². The van der Waals surface area contributed by atoms with E-state index < -0.39 is 21.9 Å². The molecule has 0 atom stereocenters. The molecule has 0 aromatic heterocycles. The SMILES string of the molecule is Cc1ccc(S(=O)(=O)O)cc1.O=C1c2ccccc2C(=O)N1O. The van der Waals surface area contributed by atoms with Crippen molar-refractivity contribution in [1.29, 1.82) is 0 Å². The third kappa shape index (κ3) is 3.62. The zero-order valence-electron chi connectivity index (χ0n) is 12.0. The minimum atomic E-state index is -4.02. The fourth-order valence-corrected chi connectivity index (χ4v) is 2.37. The van der Waals surface area contributed by atoms with E-state index >= 15 is 0 Å². The van der Waals surface area contributed by atoms with Crippen LogP contribution >= 0.6 is 0 Å². The first kappa shape index (κ1) is 16.8. The lowest BCUT2D eigenvalue weighted by molar-refractivity contribution is -0.0327. The second-order valence-electron chi connectivity index (χ2n) is 4.76. The maximum atomic E-state index is 11.1. The summed E-state index contributed by atoms with van der Waals surface area (Å²) in [5, 5.41) is 9.05. The first-order valence-corrected chi connectivity index (χ1v) is 7.86. The average Bonchev–Trinajstić information content (AvgIpc) is 2.73. The Bertz CT molecular complexity index is 823. The van der Waals surface area contributed by atoms with Crippen molar-refractivity contribution in [2.24, 2.45) is 0 Å². The number of rotatable bonds is 1. The molecule has 8 heteroatoms. The van der Waals surface area contributed by atoms with Crippen molar-refractivity contribution in [3.63, 3.8) is 0 Å². The molecule has 120 valence electrons. The van der Waals surface area contributed by atoms with Gasteiger partial charge in [-0.3, -0.25) is 19.3 Å². The van der Waals surface area contributed by atoms with Crippen molar-refractivity contribution in [2.45, 2.75) is 11.8 Å². The predicted octanol–water partition coefficient (Wildman–Crippen LogP) is 1.91. The van der Waals surface area contributed by atoms with Gasteiger partial charge in [-0.2, -0.15) is 8.42 Å². The maximum absolute atomic E-state index is 11.1. The van der Waals surface area contributed by atoms with Gasteiger partial charge in [0.2, 0.25) is 0 Å². The van der Waals surface area contributed by atoms with Crippen LogP contribution in [0.3, 0.4) is 0 Å². The Kier molecular flexibility index (Phi) is 4.60. The van der Waals surface area contributed by atoms with Crippen LogP contribution in [0.25, 0.3) is 0 Å². The molecule has 2 amide bonds. The number of imide groups is 1. The number of aryl methyl sites for hydroxylation is 1. The predicted molar refractivity (Wildman–Crippen MR) is 79.7 cm³/mol. The van der Waals surface area contributed by atoms with E-state index in [-0.39, 0.29) is 21.1 Å². The Labute approximate surface area is 132 Å². The number of hydrogen-bond donors (Lipinski definition) is 2. The number of fused-ring (bicyclic) bond motifs is 1. The van der Waals surface area contributed by atoms with Crippen molar-refractivity contribution < 1.29 is 27.8 Å². The standard InChI is InChI=1S/C8H5NO3.C7H8O3S/c10-7-5-3-1-2-4-6(5)8(11)9(7)12;1-6-2-4-7(5-3-6)11(8,9)10/h1-4,12H;2-5H,1H3,(H,8,9,10). The molecule has 0 bridgehead atoms. The van der Waals surface area contributed by atoms with Gasteiger partial charge in [0, 0.05) is 0 Å². The highest BCUT2D eigenvalue weighted by molar-refractivity contribution is 7.85. The van der Waals surface area contributed by atoms with E-state index in [4.69, 9.17) is 9.76 Å². The summed E-state index contributed by atoms with van der Waals surface area (Å²) in [5.41, 5.74) is 1.47. The van der Waals surface area contributed by atoms with Gasteiger partial charge in [0.1, 0.15) is 0 Å². The molecule has 2 aromatic carbocycles. The summed E-state index contributed by atoms with van der Waals surface area (Å²) in [7, 11) is -4.02. The Hall–Kier alpha value is -2.55. The Morgan fingerprint density at radius 2 is 1.30 bits per heavy atom. The van der Waals surface area contributed by atoms with Gasteiger partial charge in [-0.1, -0.05) is 29.8 Å². The lowest BCUT2D eigenvalue weighted by atomic mass is 10.1. The van der Waals surface area contributed by atoms with E-state index in [0.29, 0.717) is 0 Å². The van der Waals surface area contributed by atoms with Crippen LogP contribution in [0.4, 0.5) is 0 Å². The summed E-state index contributed by atoms with van der Waals surface area (Å²) >= 11 is 0. The van der Waals surface area contributed by atoms with Crippen molar-refractivity contribution in [3.8, 4) is 0 Å². The van der Waals surface area contributed by atoms with Gasteiger partial charge >= 0.3 is 0 Å². The molecule has 2 N–H and O–H groups in total. The van der Waals surface area contributed by atoms with Crippen LogP contribution in [0.1, 0.15) is 26.3 Å². The lowest BCUT2D eigenvalue weighted by Crippen LogP contribution is -2.25. The molecule has 1 aliphatic heterocycles. The van der Waals surface area contributed by atoms with E-state index in [1.165, 1.54) is 24.3 Å². The van der Waals surface area contributed by atoms with E-state index in [2.05, 4.69) is 0 Å². The maximum Gasteiger partial charge on any atom is 0.294 e. The third-order valence-corrected chi connectivity index (χ3v) is 3.96. The highest BCUT2D eigenvalue weighted by Gasteiger charge is 2.33. The molecule has 0 aliphatic carbocycles. The molecule has 1 aliphatic rings. The highest BCUT2D eigenvalue weighted by Crippen LogP contribution is 2.20. The average molecular weight is 335 g/mol. The minimum absolute atomic E-state index is 0.0666. The molecule has 0 unspecified atom stereocenters. The number of hydrogen-bond acceptors (Lipinski definition) is 5. The number of carbonyl (C=O) groups is 2. The smallest absolute Gasteiger partial charge is 0.282 e. The molecule has 0 spiro atoms. The summed E-state index contributed by atoms with van der Waals surface area (Å²) in [6.45, 7) is 1.84.